The number of aromatic nitrogens is 1. The quantitative estimate of drug-likeness (QED) is 0.375. The minimum atomic E-state index is -2.31. The van der Waals surface area contributed by atoms with Crippen molar-refractivity contribution >= 4 is 33.8 Å². The van der Waals surface area contributed by atoms with Crippen molar-refractivity contribution in [1.82, 2.24) is 4.98 Å². The standard InChI is InChI=1S/C23H14NO2PS/c28-27-20-10-3-1-8-17(20)25-19-13-12-15(16-7-5-6-14-24-16)22(23(19)27)26-18-9-2-4-11-21(18)27/h1-14H. The van der Waals surface area contributed by atoms with Gasteiger partial charge < -0.3 is 9.47 Å². The molecule has 3 aromatic carbocycles. The smallest absolute Gasteiger partial charge is 0.149 e. The van der Waals surface area contributed by atoms with Gasteiger partial charge in [0.15, 0.2) is 0 Å². The second-order valence-electron chi connectivity index (χ2n) is 6.75. The van der Waals surface area contributed by atoms with Crippen molar-refractivity contribution in [3.05, 3.63) is 85.1 Å². The van der Waals surface area contributed by atoms with Crippen LogP contribution in [-0.2, 0) is 11.8 Å². The molecular formula is C23H14NO2PS. The van der Waals surface area contributed by atoms with E-state index in [0.29, 0.717) is 0 Å². The molecule has 1 aromatic heterocycles. The highest BCUT2D eigenvalue weighted by Crippen LogP contribution is 2.59. The molecule has 0 spiro atoms. The molecule has 4 aromatic rings. The summed E-state index contributed by atoms with van der Waals surface area (Å²) in [7, 11) is 0. The van der Waals surface area contributed by atoms with Crippen LogP contribution in [0, 0.1) is 0 Å². The van der Waals surface area contributed by atoms with Crippen molar-refractivity contribution in [2.45, 2.75) is 0 Å². The molecule has 5 heteroatoms. The van der Waals surface area contributed by atoms with E-state index in [4.69, 9.17) is 21.3 Å². The summed E-state index contributed by atoms with van der Waals surface area (Å²) < 4.78 is 12.7. The third-order valence-electron chi connectivity index (χ3n) is 5.19. The number of hydrogen-bond donors (Lipinski definition) is 0. The third kappa shape index (κ3) is 2.05. The topological polar surface area (TPSA) is 31.4 Å². The highest BCUT2D eigenvalue weighted by Gasteiger charge is 2.43. The van der Waals surface area contributed by atoms with E-state index in [0.717, 1.165) is 50.2 Å². The van der Waals surface area contributed by atoms with Gasteiger partial charge in [0.2, 0.25) is 0 Å². The Morgan fingerprint density at radius 1 is 0.679 bits per heavy atom. The van der Waals surface area contributed by atoms with Gasteiger partial charge in [-0.1, -0.05) is 42.1 Å². The Morgan fingerprint density at radius 2 is 1.36 bits per heavy atom. The molecule has 2 aliphatic heterocycles. The van der Waals surface area contributed by atoms with Crippen molar-refractivity contribution in [2.75, 3.05) is 0 Å². The molecule has 0 fully saturated rings. The maximum Gasteiger partial charge on any atom is 0.149 e. The molecule has 3 nitrogen and oxygen atoms in total. The Kier molecular flexibility index (Phi) is 3.31. The lowest BCUT2D eigenvalue weighted by molar-refractivity contribution is 0.467. The van der Waals surface area contributed by atoms with E-state index in [9.17, 15) is 0 Å². The van der Waals surface area contributed by atoms with Gasteiger partial charge in [0, 0.05) is 22.4 Å². The number of para-hydroxylation sites is 2. The Morgan fingerprint density at radius 3 is 2.07 bits per heavy atom. The molecule has 1 unspecified atom stereocenters. The molecule has 0 bridgehead atoms. The fourth-order valence-corrected chi connectivity index (χ4v) is 8.47. The number of pyridine rings is 1. The lowest BCUT2D eigenvalue weighted by Gasteiger charge is -2.37. The molecule has 0 saturated carbocycles. The molecule has 2 aliphatic rings. The number of ether oxygens (including phenoxy) is 2. The summed E-state index contributed by atoms with van der Waals surface area (Å²) in [6, 6.07) is 23.8. The number of rotatable bonds is 1. The Balaban J connectivity index is 1.75. The largest absolute Gasteiger partial charge is 0.456 e. The Hall–Kier alpha value is -2.94. The fourth-order valence-electron chi connectivity index (χ4n) is 3.97. The number of benzene rings is 3. The van der Waals surface area contributed by atoms with Crippen molar-refractivity contribution in [1.29, 1.82) is 0 Å². The number of fused-ring (bicyclic) bond motifs is 4. The normalized spacial score (nSPS) is 18.1. The van der Waals surface area contributed by atoms with Gasteiger partial charge in [0.25, 0.3) is 0 Å². The minimum absolute atomic E-state index is 0.771. The summed E-state index contributed by atoms with van der Waals surface area (Å²) in [5, 5.41) is 3.14. The van der Waals surface area contributed by atoms with Crippen molar-refractivity contribution in [2.24, 2.45) is 0 Å². The highest BCUT2D eigenvalue weighted by molar-refractivity contribution is 8.26. The van der Waals surface area contributed by atoms with E-state index >= 15 is 0 Å². The third-order valence-corrected chi connectivity index (χ3v) is 10.1. The van der Waals surface area contributed by atoms with Gasteiger partial charge in [-0.3, -0.25) is 4.98 Å². The van der Waals surface area contributed by atoms with E-state index < -0.39 is 6.04 Å². The van der Waals surface area contributed by atoms with E-state index in [1.807, 2.05) is 66.7 Å². The minimum Gasteiger partial charge on any atom is -0.456 e. The zero-order valence-corrected chi connectivity index (χ0v) is 16.4. The average molecular weight is 399 g/mol. The molecule has 0 aliphatic carbocycles. The van der Waals surface area contributed by atoms with E-state index in [2.05, 4.69) is 17.1 Å². The Labute approximate surface area is 167 Å². The van der Waals surface area contributed by atoms with Crippen LogP contribution in [0.1, 0.15) is 0 Å². The van der Waals surface area contributed by atoms with Crippen LogP contribution in [0.5, 0.6) is 23.0 Å². The molecule has 134 valence electrons. The van der Waals surface area contributed by atoms with Crippen molar-refractivity contribution < 1.29 is 9.47 Å². The second kappa shape index (κ2) is 5.78. The highest BCUT2D eigenvalue weighted by atomic mass is 32.4. The number of hydrogen-bond acceptors (Lipinski definition) is 4. The predicted octanol–water partition coefficient (Wildman–Crippen LogP) is 4.72. The van der Waals surface area contributed by atoms with Crippen molar-refractivity contribution in [3.8, 4) is 34.3 Å². The van der Waals surface area contributed by atoms with Gasteiger partial charge in [0.05, 0.1) is 17.0 Å². The van der Waals surface area contributed by atoms with Crippen LogP contribution in [-0.4, -0.2) is 4.98 Å². The van der Waals surface area contributed by atoms with Gasteiger partial charge in [0.1, 0.15) is 23.0 Å². The monoisotopic (exact) mass is 399 g/mol. The lowest BCUT2D eigenvalue weighted by atomic mass is 10.1. The molecule has 0 amide bonds. The summed E-state index contributed by atoms with van der Waals surface area (Å²) in [5.41, 5.74) is 1.80. The first-order valence-electron chi connectivity index (χ1n) is 9.01. The molecule has 6 rings (SSSR count). The van der Waals surface area contributed by atoms with Gasteiger partial charge in [-0.15, -0.1) is 0 Å². The maximum atomic E-state index is 6.50. The molecule has 1 atom stereocenters. The SMILES string of the molecule is S=P12c3ccccc3Oc3ccc(-c4ccccn4)c(c31)Oc1ccccc12. The van der Waals surface area contributed by atoms with E-state index in [1.54, 1.807) is 6.20 Å². The molecule has 28 heavy (non-hydrogen) atoms. The van der Waals surface area contributed by atoms with Crippen LogP contribution in [0.2, 0.25) is 0 Å². The van der Waals surface area contributed by atoms with Gasteiger partial charge in [-0.2, -0.15) is 0 Å². The number of nitrogens with zero attached hydrogens (tertiary/aromatic N) is 1. The Bertz CT molecular complexity index is 1290. The van der Waals surface area contributed by atoms with E-state index in [-0.39, 0.29) is 0 Å². The van der Waals surface area contributed by atoms with Gasteiger partial charge >= 0.3 is 0 Å². The maximum absolute atomic E-state index is 6.50. The molecule has 3 heterocycles. The zero-order valence-electron chi connectivity index (χ0n) is 14.7. The first-order valence-corrected chi connectivity index (χ1v) is 11.8. The average Bonchev–Trinajstić information content (AvgIpc) is 2.75. The summed E-state index contributed by atoms with van der Waals surface area (Å²) in [4.78, 5) is 4.54. The zero-order chi connectivity index (χ0) is 18.7. The van der Waals surface area contributed by atoms with Crippen LogP contribution in [0.15, 0.2) is 85.1 Å². The summed E-state index contributed by atoms with van der Waals surface area (Å²) in [6.45, 7) is 0. The van der Waals surface area contributed by atoms with Crippen LogP contribution in [0.4, 0.5) is 0 Å². The summed E-state index contributed by atoms with van der Waals surface area (Å²) in [6.07, 6.45) is 1.79. The van der Waals surface area contributed by atoms with Gasteiger partial charge in [-0.25, -0.2) is 0 Å². The fraction of sp³-hybridized carbons (Fsp3) is 0. The first kappa shape index (κ1) is 16.1. The van der Waals surface area contributed by atoms with Crippen LogP contribution >= 0.6 is 6.04 Å². The van der Waals surface area contributed by atoms with Crippen LogP contribution in [0.25, 0.3) is 11.3 Å². The first-order chi connectivity index (χ1) is 13.8. The van der Waals surface area contributed by atoms with Crippen molar-refractivity contribution in [3.63, 3.8) is 0 Å². The second-order valence-corrected chi connectivity index (χ2v) is 11.0. The van der Waals surface area contributed by atoms with Crippen LogP contribution < -0.4 is 25.4 Å². The van der Waals surface area contributed by atoms with Crippen LogP contribution in [0.3, 0.4) is 0 Å². The molecule has 0 radical (unpaired) electrons. The molecular weight excluding hydrogens is 385 g/mol. The molecule has 0 N–H and O–H groups in total. The van der Waals surface area contributed by atoms with Gasteiger partial charge in [-0.05, 0) is 48.5 Å². The summed E-state index contributed by atoms with van der Waals surface area (Å²) >= 11 is 6.50. The summed E-state index contributed by atoms with van der Waals surface area (Å²) in [5.74, 6) is 3.22. The lowest BCUT2D eigenvalue weighted by Crippen LogP contribution is -2.35. The predicted molar refractivity (Wildman–Crippen MR) is 116 cm³/mol. The van der Waals surface area contributed by atoms with E-state index in [1.165, 1.54) is 0 Å². The molecule has 0 saturated heterocycles.